The Kier molecular flexibility index (Phi) is 4.83. The molecular formula is C23H18N2O4. The zero-order valence-corrected chi connectivity index (χ0v) is 15.7. The highest BCUT2D eigenvalue weighted by Gasteiger charge is 2.33. The highest BCUT2D eigenvalue weighted by molar-refractivity contribution is 6.13. The van der Waals surface area contributed by atoms with Crippen molar-refractivity contribution in [1.82, 2.24) is 10.2 Å². The molecule has 3 amide bonds. The second-order valence-corrected chi connectivity index (χ2v) is 6.70. The average Bonchev–Trinajstić information content (AvgIpc) is 3.29. The lowest BCUT2D eigenvalue weighted by atomic mass is 10.1. The lowest BCUT2D eigenvalue weighted by Gasteiger charge is -2.11. The van der Waals surface area contributed by atoms with E-state index in [-0.39, 0.29) is 18.0 Å². The molecule has 0 aliphatic carbocycles. The predicted octanol–water partition coefficient (Wildman–Crippen LogP) is 4.24. The second-order valence-electron chi connectivity index (χ2n) is 6.70. The van der Waals surface area contributed by atoms with Crippen LogP contribution in [-0.4, -0.2) is 22.6 Å². The minimum atomic E-state index is -0.461. The van der Waals surface area contributed by atoms with Crippen molar-refractivity contribution in [1.29, 1.82) is 0 Å². The molecule has 0 spiro atoms. The number of imide groups is 1. The monoisotopic (exact) mass is 386 g/mol. The van der Waals surface area contributed by atoms with Gasteiger partial charge in [0.1, 0.15) is 17.2 Å². The molecule has 1 saturated heterocycles. The maximum atomic E-state index is 12.6. The van der Waals surface area contributed by atoms with E-state index in [4.69, 9.17) is 4.42 Å². The molecule has 1 aliphatic heterocycles. The van der Waals surface area contributed by atoms with Crippen LogP contribution >= 0.6 is 0 Å². The normalized spacial score (nSPS) is 15.1. The Morgan fingerprint density at radius 3 is 2.41 bits per heavy atom. The molecular weight excluding hydrogens is 368 g/mol. The summed E-state index contributed by atoms with van der Waals surface area (Å²) in [4.78, 5) is 37.3. The van der Waals surface area contributed by atoms with Crippen molar-refractivity contribution in [3.8, 4) is 11.3 Å². The first-order chi connectivity index (χ1) is 14.0. The van der Waals surface area contributed by atoms with Gasteiger partial charge in [0.05, 0.1) is 6.54 Å². The molecule has 1 fully saturated rings. The zero-order chi connectivity index (χ0) is 20.4. The van der Waals surface area contributed by atoms with E-state index in [1.807, 2.05) is 30.3 Å². The Balaban J connectivity index is 1.52. The van der Waals surface area contributed by atoms with Gasteiger partial charge in [-0.3, -0.25) is 14.5 Å². The predicted molar refractivity (Wildman–Crippen MR) is 108 cm³/mol. The zero-order valence-electron chi connectivity index (χ0n) is 15.7. The van der Waals surface area contributed by atoms with E-state index in [0.29, 0.717) is 17.1 Å². The Bertz CT molecular complexity index is 1110. The van der Waals surface area contributed by atoms with Crippen molar-refractivity contribution in [2.75, 3.05) is 0 Å². The average molecular weight is 386 g/mol. The van der Waals surface area contributed by atoms with Gasteiger partial charge in [-0.1, -0.05) is 54.6 Å². The number of carbonyl (C=O) groups is 3. The maximum absolute atomic E-state index is 12.6. The Hall–Kier alpha value is -3.93. The number of urea groups is 1. The van der Waals surface area contributed by atoms with Crippen molar-refractivity contribution in [2.45, 2.75) is 13.5 Å². The van der Waals surface area contributed by atoms with Gasteiger partial charge in [-0.15, -0.1) is 0 Å². The minimum Gasteiger partial charge on any atom is -0.457 e. The Morgan fingerprint density at radius 2 is 1.72 bits per heavy atom. The van der Waals surface area contributed by atoms with Crippen molar-refractivity contribution in [2.24, 2.45) is 0 Å². The molecule has 6 nitrogen and oxygen atoms in total. The lowest BCUT2D eigenvalue weighted by molar-refractivity contribution is -0.123. The molecule has 0 radical (unpaired) electrons. The number of benzene rings is 2. The van der Waals surface area contributed by atoms with Gasteiger partial charge in [0, 0.05) is 17.2 Å². The summed E-state index contributed by atoms with van der Waals surface area (Å²) in [5.41, 5.74) is 2.47. The van der Waals surface area contributed by atoms with E-state index >= 15 is 0 Å². The summed E-state index contributed by atoms with van der Waals surface area (Å²) < 4.78 is 5.79. The van der Waals surface area contributed by atoms with Gasteiger partial charge in [-0.25, -0.2) is 4.79 Å². The topological polar surface area (TPSA) is 79.6 Å². The summed E-state index contributed by atoms with van der Waals surface area (Å²) >= 11 is 0. The van der Waals surface area contributed by atoms with Gasteiger partial charge < -0.3 is 9.73 Å². The van der Waals surface area contributed by atoms with Crippen molar-refractivity contribution >= 4 is 23.8 Å². The van der Waals surface area contributed by atoms with Gasteiger partial charge in [0.2, 0.25) is 0 Å². The van der Waals surface area contributed by atoms with Gasteiger partial charge in [0.25, 0.3) is 5.91 Å². The fraction of sp³-hybridized carbons (Fsp3) is 0.0870. The van der Waals surface area contributed by atoms with Crippen molar-refractivity contribution in [3.63, 3.8) is 0 Å². The van der Waals surface area contributed by atoms with E-state index in [9.17, 15) is 14.4 Å². The standard InChI is InChI=1S/C23H18N2O4/c1-15(26)17-7-9-18(10-8-17)21-12-11-19(29-21)13-20-22(27)25(23(28)24-20)14-16-5-3-2-4-6-16/h2-13H,14H2,1H3,(H,24,28)/b20-13+. The maximum Gasteiger partial charge on any atom is 0.329 e. The van der Waals surface area contributed by atoms with Crippen LogP contribution in [0.5, 0.6) is 0 Å². The number of carbonyl (C=O) groups excluding carboxylic acids is 3. The van der Waals surface area contributed by atoms with Crippen LogP contribution in [0.25, 0.3) is 17.4 Å². The molecule has 1 aromatic heterocycles. The number of hydrogen-bond donors (Lipinski definition) is 1. The van der Waals surface area contributed by atoms with Crippen molar-refractivity contribution < 1.29 is 18.8 Å². The summed E-state index contributed by atoms with van der Waals surface area (Å²) in [7, 11) is 0. The lowest BCUT2D eigenvalue weighted by Crippen LogP contribution is -2.30. The van der Waals surface area contributed by atoms with Crippen molar-refractivity contribution in [3.05, 3.63) is 89.3 Å². The van der Waals surface area contributed by atoms with Crippen LogP contribution in [0.4, 0.5) is 4.79 Å². The van der Waals surface area contributed by atoms with Gasteiger partial charge in [0.15, 0.2) is 5.78 Å². The number of nitrogens with one attached hydrogen (secondary N) is 1. The van der Waals surface area contributed by atoms with E-state index in [1.54, 1.807) is 36.4 Å². The van der Waals surface area contributed by atoms with Crippen LogP contribution in [0.15, 0.2) is 76.8 Å². The number of ketones is 1. The summed E-state index contributed by atoms with van der Waals surface area (Å²) in [6.07, 6.45) is 1.51. The fourth-order valence-electron chi connectivity index (χ4n) is 3.08. The summed E-state index contributed by atoms with van der Waals surface area (Å²) in [6, 6.07) is 19.4. The van der Waals surface area contributed by atoms with Crippen LogP contribution in [0.3, 0.4) is 0 Å². The summed E-state index contributed by atoms with van der Waals surface area (Å²) in [5.74, 6) is 0.644. The van der Waals surface area contributed by atoms with Crippen LogP contribution in [-0.2, 0) is 11.3 Å². The fourth-order valence-corrected chi connectivity index (χ4v) is 3.08. The molecule has 1 N–H and O–H groups in total. The van der Waals surface area contributed by atoms with E-state index in [2.05, 4.69) is 5.32 Å². The minimum absolute atomic E-state index is 0.00281. The molecule has 2 aromatic carbocycles. The molecule has 4 rings (SSSR count). The summed E-state index contributed by atoms with van der Waals surface area (Å²) in [5, 5.41) is 2.59. The van der Waals surface area contributed by atoms with Gasteiger partial charge in [-0.2, -0.15) is 0 Å². The number of furan rings is 1. The molecule has 3 aromatic rings. The quantitative estimate of drug-likeness (QED) is 0.404. The number of amides is 3. The van der Waals surface area contributed by atoms with Crippen LogP contribution in [0, 0.1) is 0 Å². The van der Waals surface area contributed by atoms with E-state index < -0.39 is 11.9 Å². The molecule has 2 heterocycles. The first-order valence-corrected chi connectivity index (χ1v) is 9.11. The van der Waals surface area contributed by atoms with Crippen LogP contribution < -0.4 is 5.32 Å². The molecule has 0 unspecified atom stereocenters. The highest BCUT2D eigenvalue weighted by atomic mass is 16.3. The van der Waals surface area contributed by atoms with E-state index in [1.165, 1.54) is 13.0 Å². The molecule has 1 aliphatic rings. The molecule has 29 heavy (non-hydrogen) atoms. The smallest absolute Gasteiger partial charge is 0.329 e. The Labute approximate surface area is 167 Å². The first kappa shape index (κ1) is 18.4. The number of Topliss-reactive ketones (excluding diaryl/α,β-unsaturated/α-hetero) is 1. The van der Waals surface area contributed by atoms with Crippen LogP contribution in [0.2, 0.25) is 0 Å². The molecule has 0 saturated carbocycles. The largest absolute Gasteiger partial charge is 0.457 e. The number of hydrogen-bond acceptors (Lipinski definition) is 4. The molecule has 6 heteroatoms. The first-order valence-electron chi connectivity index (χ1n) is 9.11. The third-order valence-corrected chi connectivity index (χ3v) is 4.64. The molecule has 0 atom stereocenters. The van der Waals surface area contributed by atoms with E-state index in [0.717, 1.165) is 16.0 Å². The SMILES string of the molecule is CC(=O)c1ccc(-c2ccc(/C=C3/NC(=O)N(Cc4ccccc4)C3=O)o2)cc1. The van der Waals surface area contributed by atoms with Gasteiger partial charge in [-0.05, 0) is 24.6 Å². The number of nitrogens with zero attached hydrogens (tertiary/aromatic N) is 1. The molecule has 144 valence electrons. The molecule has 0 bridgehead atoms. The van der Waals surface area contributed by atoms with Gasteiger partial charge >= 0.3 is 6.03 Å². The van der Waals surface area contributed by atoms with Crippen LogP contribution in [0.1, 0.15) is 28.6 Å². The Morgan fingerprint density at radius 1 is 1.00 bits per heavy atom. The highest BCUT2D eigenvalue weighted by Crippen LogP contribution is 2.25. The third kappa shape index (κ3) is 3.87. The number of rotatable bonds is 5. The summed E-state index contributed by atoms with van der Waals surface area (Å²) in [6.45, 7) is 1.72. The second kappa shape index (κ2) is 7.59. The third-order valence-electron chi connectivity index (χ3n) is 4.64.